The van der Waals surface area contributed by atoms with Gasteiger partial charge in [-0.15, -0.1) is 0 Å². The average Bonchev–Trinajstić information content (AvgIpc) is 2.99. The van der Waals surface area contributed by atoms with Crippen molar-refractivity contribution in [3.8, 4) is 11.1 Å². The van der Waals surface area contributed by atoms with Gasteiger partial charge < -0.3 is 9.47 Å². The molecule has 0 bridgehead atoms. The molecule has 1 aliphatic heterocycles. The third-order valence-corrected chi connectivity index (χ3v) is 6.97. The van der Waals surface area contributed by atoms with Crippen LogP contribution in [0.25, 0.3) is 17.2 Å². The predicted octanol–water partition coefficient (Wildman–Crippen LogP) is 5.00. The van der Waals surface area contributed by atoms with Crippen molar-refractivity contribution in [3.63, 3.8) is 0 Å². The second-order valence-electron chi connectivity index (χ2n) is 8.54. The molecule has 4 rings (SSSR count). The lowest BCUT2D eigenvalue weighted by Crippen LogP contribution is -2.54. The van der Waals surface area contributed by atoms with E-state index in [9.17, 15) is 4.79 Å². The third-order valence-electron chi connectivity index (χ3n) is 6.97. The number of cyclic esters (lactones) is 1. The highest BCUT2D eigenvalue weighted by molar-refractivity contribution is 5.83. The fraction of sp³-hybridized carbons (Fsp3) is 0.440. The van der Waals surface area contributed by atoms with Crippen molar-refractivity contribution in [1.29, 1.82) is 0 Å². The monoisotopic (exact) mass is 391 g/mol. The van der Waals surface area contributed by atoms with Gasteiger partial charge in [-0.1, -0.05) is 56.3 Å². The van der Waals surface area contributed by atoms with E-state index >= 15 is 0 Å². The van der Waals surface area contributed by atoms with Crippen molar-refractivity contribution in [3.05, 3.63) is 60.4 Å². The Hall–Kier alpha value is -2.46. The molecule has 152 valence electrons. The van der Waals surface area contributed by atoms with Crippen molar-refractivity contribution < 1.29 is 14.3 Å². The van der Waals surface area contributed by atoms with Gasteiger partial charge in [0.05, 0.1) is 5.69 Å². The molecule has 0 unspecified atom stereocenters. The van der Waals surface area contributed by atoms with E-state index in [1.165, 1.54) is 0 Å². The summed E-state index contributed by atoms with van der Waals surface area (Å²) in [5.41, 5.74) is 2.34. The maximum absolute atomic E-state index is 12.6. The largest absolute Gasteiger partial charge is 0.460 e. The molecule has 1 aliphatic carbocycles. The number of hydrogen-bond donors (Lipinski definition) is 0. The minimum absolute atomic E-state index is 0.0195. The number of carbonyl (C=O) groups excluding carboxylic acids is 1. The molecule has 2 heterocycles. The number of esters is 1. The fourth-order valence-electron chi connectivity index (χ4n) is 5.18. The molecule has 2 fully saturated rings. The van der Waals surface area contributed by atoms with Gasteiger partial charge in [0.1, 0.15) is 6.10 Å². The molecule has 4 heteroatoms. The summed E-state index contributed by atoms with van der Waals surface area (Å²) in [6.45, 7) is 6.45. The van der Waals surface area contributed by atoms with Crippen LogP contribution in [0.5, 0.6) is 0 Å². The van der Waals surface area contributed by atoms with Gasteiger partial charge in [0.2, 0.25) is 0 Å². The van der Waals surface area contributed by atoms with Crippen molar-refractivity contribution in [2.45, 2.75) is 38.9 Å². The summed E-state index contributed by atoms with van der Waals surface area (Å²) in [5.74, 6) is 0.800. The number of nitrogens with zero attached hydrogens (tertiary/aromatic N) is 1. The second kappa shape index (κ2) is 7.75. The summed E-state index contributed by atoms with van der Waals surface area (Å²) in [6, 6.07) is 14.4. The Bertz CT molecular complexity index is 892. The standard InChI is InChI=1S/C25H29NO3/c1-16-14-25(28-4)23(18(3)29-24(25)27)22(17(16)2)13-12-21-11-10-20(15-26-21)19-8-6-5-7-9-19/h5-13,15-18,22-23H,14H2,1-4H3/b13-12+/t16-,17+,18+,22-,23-,25-/m0/s1. The first-order chi connectivity index (χ1) is 14.0. The minimum atomic E-state index is -0.828. The number of fused-ring (bicyclic) bond motifs is 1. The van der Waals surface area contributed by atoms with Gasteiger partial charge in [-0.05, 0) is 48.8 Å². The first-order valence-corrected chi connectivity index (χ1v) is 10.4. The second-order valence-corrected chi connectivity index (χ2v) is 8.54. The molecule has 0 N–H and O–H groups in total. The van der Waals surface area contributed by atoms with Crippen LogP contribution < -0.4 is 0 Å². The minimum Gasteiger partial charge on any atom is -0.460 e. The summed E-state index contributed by atoms with van der Waals surface area (Å²) >= 11 is 0. The number of allylic oxidation sites excluding steroid dienone is 1. The molecule has 1 aromatic carbocycles. The number of rotatable bonds is 4. The Kier molecular flexibility index (Phi) is 5.30. The molecular weight excluding hydrogens is 362 g/mol. The number of hydrogen-bond acceptors (Lipinski definition) is 4. The first-order valence-electron chi connectivity index (χ1n) is 10.4. The zero-order chi connectivity index (χ0) is 20.6. The van der Waals surface area contributed by atoms with Crippen molar-refractivity contribution in [2.24, 2.45) is 23.7 Å². The van der Waals surface area contributed by atoms with Crippen molar-refractivity contribution in [1.82, 2.24) is 4.98 Å². The summed E-state index contributed by atoms with van der Waals surface area (Å²) < 4.78 is 11.5. The van der Waals surface area contributed by atoms with Crippen LogP contribution in [0.2, 0.25) is 0 Å². The fourth-order valence-corrected chi connectivity index (χ4v) is 5.18. The highest BCUT2D eigenvalue weighted by Gasteiger charge is 2.63. The smallest absolute Gasteiger partial charge is 0.339 e. The lowest BCUT2D eigenvalue weighted by Gasteiger charge is -2.46. The van der Waals surface area contributed by atoms with E-state index in [4.69, 9.17) is 9.47 Å². The normalized spacial score (nSPS) is 34.2. The van der Waals surface area contributed by atoms with E-state index < -0.39 is 5.60 Å². The molecule has 2 aliphatic rings. The molecule has 29 heavy (non-hydrogen) atoms. The van der Waals surface area contributed by atoms with Gasteiger partial charge in [-0.2, -0.15) is 0 Å². The third kappa shape index (κ3) is 3.40. The number of aromatic nitrogens is 1. The molecule has 2 aromatic rings. The lowest BCUT2D eigenvalue weighted by atomic mass is 9.60. The maximum Gasteiger partial charge on any atom is 0.339 e. The quantitative estimate of drug-likeness (QED) is 0.688. The number of ether oxygens (including phenoxy) is 2. The number of benzene rings is 1. The molecular formula is C25H29NO3. The van der Waals surface area contributed by atoms with E-state index in [0.717, 1.165) is 16.8 Å². The number of methoxy groups -OCH3 is 1. The van der Waals surface area contributed by atoms with Gasteiger partial charge in [-0.25, -0.2) is 4.79 Å². The summed E-state index contributed by atoms with van der Waals surface area (Å²) in [7, 11) is 1.64. The predicted molar refractivity (Wildman–Crippen MR) is 114 cm³/mol. The summed E-state index contributed by atoms with van der Waals surface area (Å²) in [5, 5.41) is 0. The van der Waals surface area contributed by atoms with Crippen LogP contribution in [0, 0.1) is 23.7 Å². The number of carbonyl (C=O) groups is 1. The SMILES string of the molecule is CO[C@@]12C[C@H](C)[C@@H](C)[C@H](/C=C/c3ccc(-c4ccccc4)cn3)[C@@H]1[C@@H](C)OC2=O. The molecule has 1 aromatic heterocycles. The van der Waals surface area contributed by atoms with E-state index in [0.29, 0.717) is 18.3 Å². The van der Waals surface area contributed by atoms with E-state index in [2.05, 4.69) is 49.2 Å². The van der Waals surface area contributed by atoms with Crippen LogP contribution in [-0.4, -0.2) is 29.8 Å². The highest BCUT2D eigenvalue weighted by atomic mass is 16.6. The lowest BCUT2D eigenvalue weighted by molar-refractivity contribution is -0.165. The van der Waals surface area contributed by atoms with Crippen LogP contribution in [0.4, 0.5) is 0 Å². The highest BCUT2D eigenvalue weighted by Crippen LogP contribution is 2.52. The maximum atomic E-state index is 12.6. The Morgan fingerprint density at radius 2 is 1.86 bits per heavy atom. The summed E-state index contributed by atoms with van der Waals surface area (Å²) in [6.07, 6.45) is 6.76. The summed E-state index contributed by atoms with van der Waals surface area (Å²) in [4.78, 5) is 17.3. The van der Waals surface area contributed by atoms with Gasteiger partial charge >= 0.3 is 5.97 Å². The molecule has 1 saturated carbocycles. The molecule has 4 nitrogen and oxygen atoms in total. The van der Waals surface area contributed by atoms with Crippen LogP contribution in [-0.2, 0) is 14.3 Å². The van der Waals surface area contributed by atoms with Gasteiger partial charge in [0.25, 0.3) is 0 Å². The molecule has 1 saturated heterocycles. The Morgan fingerprint density at radius 3 is 2.52 bits per heavy atom. The average molecular weight is 392 g/mol. The zero-order valence-electron chi connectivity index (χ0n) is 17.5. The Labute approximate surface area is 173 Å². The van der Waals surface area contributed by atoms with E-state index in [1.54, 1.807) is 7.11 Å². The van der Waals surface area contributed by atoms with E-state index in [1.807, 2.05) is 37.4 Å². The van der Waals surface area contributed by atoms with Crippen molar-refractivity contribution in [2.75, 3.05) is 7.11 Å². The first kappa shape index (κ1) is 19.8. The van der Waals surface area contributed by atoms with E-state index in [-0.39, 0.29) is 23.9 Å². The zero-order valence-corrected chi connectivity index (χ0v) is 17.5. The van der Waals surface area contributed by atoms with Gasteiger partial charge in [0.15, 0.2) is 5.60 Å². The van der Waals surface area contributed by atoms with Gasteiger partial charge in [-0.3, -0.25) is 4.98 Å². The molecule has 0 spiro atoms. The topological polar surface area (TPSA) is 48.4 Å². The van der Waals surface area contributed by atoms with Crippen molar-refractivity contribution >= 4 is 12.0 Å². The van der Waals surface area contributed by atoms with Crippen LogP contribution in [0.3, 0.4) is 0 Å². The van der Waals surface area contributed by atoms with Crippen LogP contribution in [0.1, 0.15) is 32.9 Å². The Balaban J connectivity index is 1.60. The molecule has 0 amide bonds. The Morgan fingerprint density at radius 1 is 1.10 bits per heavy atom. The molecule has 6 atom stereocenters. The number of pyridine rings is 1. The van der Waals surface area contributed by atoms with Crippen LogP contribution in [0.15, 0.2) is 54.7 Å². The van der Waals surface area contributed by atoms with Crippen LogP contribution >= 0.6 is 0 Å². The molecule has 0 radical (unpaired) electrons. The van der Waals surface area contributed by atoms with Gasteiger partial charge in [0, 0.05) is 24.8 Å².